The zero-order chi connectivity index (χ0) is 23.3. The van der Waals surface area contributed by atoms with Gasteiger partial charge in [0.1, 0.15) is 0 Å². The second kappa shape index (κ2) is 9.84. The summed E-state index contributed by atoms with van der Waals surface area (Å²) in [6, 6.07) is 15.4. The molecule has 11 heteroatoms. The maximum Gasteiger partial charge on any atom is 0.264 e. The molecule has 2 N–H and O–H groups in total. The number of imidazole rings is 1. The molecule has 9 nitrogen and oxygen atoms in total. The van der Waals surface area contributed by atoms with Crippen molar-refractivity contribution in [2.24, 2.45) is 0 Å². The molecule has 0 fully saturated rings. The summed E-state index contributed by atoms with van der Waals surface area (Å²) in [6.45, 7) is 2.02. The largest absolute Gasteiger partial charge is 0.325 e. The number of rotatable bonds is 8. The number of hydrogen-bond acceptors (Lipinski definition) is 7. The minimum Gasteiger partial charge on any atom is -0.325 e. The highest BCUT2D eigenvalue weighted by atomic mass is 32.2. The van der Waals surface area contributed by atoms with Crippen molar-refractivity contribution in [1.29, 1.82) is 0 Å². The van der Waals surface area contributed by atoms with E-state index in [-0.39, 0.29) is 22.5 Å². The minimum atomic E-state index is -3.84. The molecular formula is C22H20N6O3S2. The van der Waals surface area contributed by atoms with Crippen LogP contribution >= 0.6 is 11.8 Å². The summed E-state index contributed by atoms with van der Waals surface area (Å²) < 4.78 is 29.1. The first-order valence-corrected chi connectivity index (χ1v) is 12.3. The van der Waals surface area contributed by atoms with Gasteiger partial charge in [-0.25, -0.2) is 28.1 Å². The number of aromatic nitrogens is 4. The molecule has 4 aromatic rings. The van der Waals surface area contributed by atoms with E-state index in [1.807, 2.05) is 42.0 Å². The van der Waals surface area contributed by atoms with Gasteiger partial charge in [0.2, 0.25) is 11.9 Å². The number of benzene rings is 2. The first-order valence-electron chi connectivity index (χ1n) is 9.84. The van der Waals surface area contributed by atoms with E-state index in [4.69, 9.17) is 0 Å². The van der Waals surface area contributed by atoms with Crippen LogP contribution in [0.2, 0.25) is 0 Å². The molecule has 33 heavy (non-hydrogen) atoms. The highest BCUT2D eigenvalue weighted by molar-refractivity contribution is 7.99. The van der Waals surface area contributed by atoms with Crippen LogP contribution in [0.3, 0.4) is 0 Å². The molecule has 168 valence electrons. The number of nitrogens with one attached hydrogen (secondary N) is 2. The van der Waals surface area contributed by atoms with E-state index >= 15 is 0 Å². The Morgan fingerprint density at radius 1 is 0.970 bits per heavy atom. The second-order valence-electron chi connectivity index (χ2n) is 6.91. The molecule has 0 bridgehead atoms. The Kier molecular flexibility index (Phi) is 6.71. The maximum absolute atomic E-state index is 12.5. The summed E-state index contributed by atoms with van der Waals surface area (Å²) in [4.78, 5) is 24.5. The summed E-state index contributed by atoms with van der Waals surface area (Å²) in [6.07, 6.45) is 6.43. The van der Waals surface area contributed by atoms with Crippen LogP contribution in [-0.4, -0.2) is 39.6 Å². The van der Waals surface area contributed by atoms with Crippen LogP contribution in [-0.2, 0) is 14.8 Å². The van der Waals surface area contributed by atoms with Gasteiger partial charge in [0.15, 0.2) is 5.16 Å². The van der Waals surface area contributed by atoms with Gasteiger partial charge in [0.25, 0.3) is 10.0 Å². The molecule has 0 aliphatic heterocycles. The van der Waals surface area contributed by atoms with Gasteiger partial charge >= 0.3 is 0 Å². The fraction of sp³-hybridized carbons (Fsp3) is 0.0909. The first kappa shape index (κ1) is 22.5. The molecule has 1 amide bonds. The topological polar surface area (TPSA) is 119 Å². The van der Waals surface area contributed by atoms with Crippen molar-refractivity contribution in [3.8, 4) is 5.69 Å². The van der Waals surface area contributed by atoms with E-state index in [1.165, 1.54) is 48.4 Å². The zero-order valence-electron chi connectivity index (χ0n) is 17.5. The molecule has 0 spiro atoms. The molecule has 0 saturated heterocycles. The average Bonchev–Trinajstić information content (AvgIpc) is 3.27. The molecule has 0 unspecified atom stereocenters. The lowest BCUT2D eigenvalue weighted by Crippen LogP contribution is -2.16. The van der Waals surface area contributed by atoms with Gasteiger partial charge in [-0.15, -0.1) is 0 Å². The second-order valence-corrected chi connectivity index (χ2v) is 9.53. The molecule has 0 saturated carbocycles. The van der Waals surface area contributed by atoms with Crippen LogP contribution in [0.15, 0.2) is 89.4 Å². The van der Waals surface area contributed by atoms with E-state index in [2.05, 4.69) is 25.0 Å². The summed E-state index contributed by atoms with van der Waals surface area (Å²) >= 11 is 1.31. The number of carbonyl (C=O) groups is 1. The van der Waals surface area contributed by atoms with Crippen molar-refractivity contribution in [3.05, 3.63) is 84.9 Å². The fourth-order valence-corrected chi connectivity index (χ4v) is 4.71. The van der Waals surface area contributed by atoms with Crippen LogP contribution in [0.25, 0.3) is 5.69 Å². The molecule has 0 aliphatic rings. The average molecular weight is 481 g/mol. The van der Waals surface area contributed by atoms with E-state index in [0.29, 0.717) is 10.8 Å². The highest BCUT2D eigenvalue weighted by Crippen LogP contribution is 2.23. The monoisotopic (exact) mass is 480 g/mol. The number of hydrogen-bond donors (Lipinski definition) is 2. The van der Waals surface area contributed by atoms with Gasteiger partial charge < -0.3 is 5.32 Å². The van der Waals surface area contributed by atoms with Gasteiger partial charge in [0.05, 0.1) is 16.3 Å². The number of thioether (sulfide) groups is 1. The Bertz CT molecular complexity index is 1360. The summed E-state index contributed by atoms with van der Waals surface area (Å²) in [5.41, 5.74) is 2.59. The van der Waals surface area contributed by atoms with Crippen molar-refractivity contribution < 1.29 is 13.2 Å². The molecule has 4 rings (SSSR count). The van der Waals surface area contributed by atoms with Crippen molar-refractivity contribution >= 4 is 39.3 Å². The number of sulfonamides is 1. The Morgan fingerprint density at radius 3 is 2.42 bits per heavy atom. The lowest BCUT2D eigenvalue weighted by atomic mass is 10.2. The number of para-hydroxylation sites is 1. The Labute approximate surface area is 195 Å². The molecule has 2 aromatic heterocycles. The van der Waals surface area contributed by atoms with Crippen molar-refractivity contribution in [1.82, 2.24) is 19.5 Å². The van der Waals surface area contributed by atoms with Crippen LogP contribution in [0.1, 0.15) is 5.56 Å². The molecule has 2 aromatic carbocycles. The quantitative estimate of drug-likeness (QED) is 0.371. The fourth-order valence-electron chi connectivity index (χ4n) is 2.99. The third-order valence-corrected chi connectivity index (χ3v) is 6.86. The van der Waals surface area contributed by atoms with Crippen molar-refractivity contribution in [2.75, 3.05) is 15.8 Å². The smallest absolute Gasteiger partial charge is 0.264 e. The molecular weight excluding hydrogens is 460 g/mol. The summed E-state index contributed by atoms with van der Waals surface area (Å²) in [5.74, 6) is -0.0998. The highest BCUT2D eigenvalue weighted by Gasteiger charge is 2.16. The maximum atomic E-state index is 12.5. The Morgan fingerprint density at radius 2 is 1.70 bits per heavy atom. The summed E-state index contributed by atoms with van der Waals surface area (Å²) in [5, 5.41) is 3.47. The SMILES string of the molecule is Cc1ccccc1-n1ccnc1SCC(=O)Nc1ccc(S(=O)(=O)Nc2ncccn2)cc1. The van der Waals surface area contributed by atoms with Gasteiger partial charge in [-0.2, -0.15) is 0 Å². The summed E-state index contributed by atoms with van der Waals surface area (Å²) in [7, 11) is -3.84. The Balaban J connectivity index is 1.36. The standard InChI is InChI=1S/C22H20N6O3S2/c1-16-5-2-3-6-19(16)28-14-13-25-22(28)32-15-20(29)26-17-7-9-18(10-8-17)33(30,31)27-21-23-11-4-12-24-21/h2-14H,15H2,1H3,(H,26,29)(H,23,24,27). The van der Waals surface area contributed by atoms with Crippen LogP contribution < -0.4 is 10.0 Å². The lowest BCUT2D eigenvalue weighted by Gasteiger charge is -2.10. The lowest BCUT2D eigenvalue weighted by molar-refractivity contribution is -0.113. The predicted molar refractivity (Wildman–Crippen MR) is 127 cm³/mol. The zero-order valence-corrected chi connectivity index (χ0v) is 19.2. The normalized spacial score (nSPS) is 11.2. The third kappa shape index (κ3) is 5.57. The Hall–Kier alpha value is -3.70. The van der Waals surface area contributed by atoms with Gasteiger partial charge in [0, 0.05) is 30.5 Å². The van der Waals surface area contributed by atoms with Crippen LogP contribution in [0, 0.1) is 6.92 Å². The predicted octanol–water partition coefficient (Wildman–Crippen LogP) is 3.50. The first-order chi connectivity index (χ1) is 15.9. The van der Waals surface area contributed by atoms with E-state index < -0.39 is 10.0 Å². The van der Waals surface area contributed by atoms with Crippen molar-refractivity contribution in [2.45, 2.75) is 17.0 Å². The minimum absolute atomic E-state index is 0.0176. The van der Waals surface area contributed by atoms with Crippen LogP contribution in [0.4, 0.5) is 11.6 Å². The number of amides is 1. The molecule has 2 heterocycles. The number of aryl methyl sites for hydroxylation is 1. The van der Waals surface area contributed by atoms with Gasteiger partial charge in [-0.1, -0.05) is 30.0 Å². The number of nitrogens with zero attached hydrogens (tertiary/aromatic N) is 4. The van der Waals surface area contributed by atoms with Gasteiger partial charge in [-0.05, 0) is 48.9 Å². The number of anilines is 2. The molecule has 0 atom stereocenters. The van der Waals surface area contributed by atoms with Gasteiger partial charge in [-0.3, -0.25) is 9.36 Å². The van der Waals surface area contributed by atoms with E-state index in [1.54, 1.807) is 12.3 Å². The van der Waals surface area contributed by atoms with E-state index in [0.717, 1.165) is 11.3 Å². The third-order valence-electron chi connectivity index (χ3n) is 4.55. The van der Waals surface area contributed by atoms with Crippen LogP contribution in [0.5, 0.6) is 0 Å². The molecule has 0 aliphatic carbocycles. The van der Waals surface area contributed by atoms with Crippen molar-refractivity contribution in [3.63, 3.8) is 0 Å². The molecule has 0 radical (unpaired) electrons. The number of carbonyl (C=O) groups excluding carboxylic acids is 1. The van der Waals surface area contributed by atoms with E-state index in [9.17, 15) is 13.2 Å².